The first-order valence-electron chi connectivity index (χ1n) is 6.75. The summed E-state index contributed by atoms with van der Waals surface area (Å²) in [6.45, 7) is 8.51. The van der Waals surface area contributed by atoms with Crippen LogP contribution in [0.3, 0.4) is 0 Å². The molecule has 0 bridgehead atoms. The largest absolute Gasteiger partial charge is 0.355 e. The van der Waals surface area contributed by atoms with E-state index < -0.39 is 10.8 Å². The summed E-state index contributed by atoms with van der Waals surface area (Å²) in [5.41, 5.74) is 0. The fourth-order valence-electron chi connectivity index (χ4n) is 1.97. The molecule has 1 aliphatic heterocycles. The Hall–Kier alpha value is -0.420. The van der Waals surface area contributed by atoms with Crippen molar-refractivity contribution in [2.75, 3.05) is 25.4 Å². The van der Waals surface area contributed by atoms with E-state index >= 15 is 0 Å². The van der Waals surface area contributed by atoms with Crippen LogP contribution in [0.2, 0.25) is 0 Å². The zero-order valence-electron chi connectivity index (χ0n) is 11.8. The predicted octanol–water partition coefficient (Wildman–Crippen LogP) is 1.04. The highest BCUT2D eigenvalue weighted by Gasteiger charge is 2.19. The summed E-state index contributed by atoms with van der Waals surface area (Å²) in [6.07, 6.45) is 2.73. The number of rotatable bonds is 6. The normalized spacial score (nSPS) is 21.8. The van der Waals surface area contributed by atoms with Gasteiger partial charge in [0.2, 0.25) is 5.91 Å². The fourth-order valence-corrected chi connectivity index (χ4v) is 2.87. The van der Waals surface area contributed by atoms with Crippen LogP contribution in [0.15, 0.2) is 0 Å². The van der Waals surface area contributed by atoms with Gasteiger partial charge in [-0.05, 0) is 52.6 Å². The van der Waals surface area contributed by atoms with E-state index in [1.54, 1.807) is 0 Å². The highest BCUT2D eigenvalue weighted by molar-refractivity contribution is 7.86. The topological polar surface area (TPSA) is 58.2 Å². The van der Waals surface area contributed by atoms with Gasteiger partial charge >= 0.3 is 0 Å². The van der Waals surface area contributed by atoms with Gasteiger partial charge in [-0.25, -0.2) is 0 Å². The van der Waals surface area contributed by atoms with Crippen molar-refractivity contribution >= 4 is 16.7 Å². The van der Waals surface area contributed by atoms with Crippen molar-refractivity contribution in [1.29, 1.82) is 0 Å². The lowest BCUT2D eigenvalue weighted by Gasteiger charge is -2.17. The van der Waals surface area contributed by atoms with Crippen molar-refractivity contribution in [3.05, 3.63) is 0 Å². The van der Waals surface area contributed by atoms with Crippen LogP contribution in [0.25, 0.3) is 0 Å². The van der Waals surface area contributed by atoms with Gasteiger partial charge in [-0.1, -0.05) is 0 Å². The first kappa shape index (κ1) is 15.6. The van der Waals surface area contributed by atoms with Crippen LogP contribution in [0.4, 0.5) is 0 Å². The van der Waals surface area contributed by atoms with Gasteiger partial charge in [0.15, 0.2) is 0 Å². The molecule has 1 aliphatic rings. The molecular weight excluding hydrogens is 248 g/mol. The Kier molecular flexibility index (Phi) is 6.29. The Morgan fingerprint density at radius 1 is 1.44 bits per heavy atom. The molecule has 0 aromatic carbocycles. The molecule has 1 fully saturated rings. The van der Waals surface area contributed by atoms with Crippen LogP contribution >= 0.6 is 0 Å². The minimum atomic E-state index is -0.884. The molecule has 1 saturated heterocycles. The van der Waals surface area contributed by atoms with Crippen LogP contribution in [0.5, 0.6) is 0 Å². The third-order valence-electron chi connectivity index (χ3n) is 3.23. The molecular formula is C13H26N2O2S. The lowest BCUT2D eigenvalue weighted by atomic mass is 10.0. The van der Waals surface area contributed by atoms with Crippen molar-refractivity contribution < 1.29 is 9.00 Å². The lowest BCUT2D eigenvalue weighted by Crippen LogP contribution is -2.32. The zero-order valence-corrected chi connectivity index (χ0v) is 12.6. The van der Waals surface area contributed by atoms with Crippen molar-refractivity contribution in [3.8, 4) is 0 Å². The van der Waals surface area contributed by atoms with Crippen LogP contribution in [0.1, 0.15) is 40.0 Å². The monoisotopic (exact) mass is 274 g/mol. The Morgan fingerprint density at radius 3 is 2.72 bits per heavy atom. The van der Waals surface area contributed by atoms with Crippen molar-refractivity contribution in [2.24, 2.45) is 5.92 Å². The summed E-state index contributed by atoms with van der Waals surface area (Å²) in [7, 11) is -0.884. The Balaban J connectivity index is 2.08. The van der Waals surface area contributed by atoms with E-state index in [1.807, 2.05) is 20.8 Å². The molecule has 2 unspecified atom stereocenters. The molecule has 0 aliphatic carbocycles. The molecule has 1 heterocycles. The van der Waals surface area contributed by atoms with E-state index in [4.69, 9.17) is 0 Å². The number of nitrogens with one attached hydrogen (secondary N) is 2. The fraction of sp³-hybridized carbons (Fsp3) is 0.923. The maximum Gasteiger partial charge on any atom is 0.220 e. The Labute approximate surface area is 113 Å². The van der Waals surface area contributed by atoms with Crippen molar-refractivity contribution in [2.45, 2.75) is 44.8 Å². The van der Waals surface area contributed by atoms with E-state index in [0.29, 0.717) is 24.6 Å². The molecule has 5 heteroatoms. The van der Waals surface area contributed by atoms with E-state index in [9.17, 15) is 9.00 Å². The Morgan fingerprint density at radius 2 is 2.17 bits per heavy atom. The SMILES string of the molecule is CC(C)(C)S(=O)CCNC(=O)CCC1CCNC1. The maximum absolute atomic E-state index is 11.8. The molecule has 0 radical (unpaired) electrons. The standard InChI is InChI=1S/C13H26N2O2S/c1-13(2,3)18(17)9-8-15-12(16)5-4-11-6-7-14-10-11/h11,14H,4-10H2,1-3H3,(H,15,16). The number of hydrogen-bond donors (Lipinski definition) is 2. The lowest BCUT2D eigenvalue weighted by molar-refractivity contribution is -0.121. The number of amides is 1. The molecule has 106 valence electrons. The molecule has 2 atom stereocenters. The number of carbonyl (C=O) groups is 1. The molecule has 0 aromatic heterocycles. The molecule has 1 rings (SSSR count). The average molecular weight is 274 g/mol. The molecule has 1 amide bonds. The van der Waals surface area contributed by atoms with Crippen LogP contribution < -0.4 is 10.6 Å². The molecule has 2 N–H and O–H groups in total. The van der Waals surface area contributed by atoms with Crippen molar-refractivity contribution in [1.82, 2.24) is 10.6 Å². The molecule has 4 nitrogen and oxygen atoms in total. The van der Waals surface area contributed by atoms with Crippen LogP contribution in [-0.2, 0) is 15.6 Å². The van der Waals surface area contributed by atoms with E-state index in [0.717, 1.165) is 19.5 Å². The zero-order chi connectivity index (χ0) is 13.6. The van der Waals surface area contributed by atoms with E-state index in [2.05, 4.69) is 10.6 Å². The van der Waals surface area contributed by atoms with Gasteiger partial charge in [-0.3, -0.25) is 9.00 Å². The van der Waals surface area contributed by atoms with Gasteiger partial charge in [0, 0.05) is 34.3 Å². The van der Waals surface area contributed by atoms with E-state index in [1.165, 1.54) is 6.42 Å². The van der Waals surface area contributed by atoms with Gasteiger partial charge in [0.1, 0.15) is 0 Å². The third-order valence-corrected chi connectivity index (χ3v) is 5.18. The minimum absolute atomic E-state index is 0.0906. The van der Waals surface area contributed by atoms with Crippen LogP contribution in [0, 0.1) is 5.92 Å². The number of carbonyl (C=O) groups excluding carboxylic acids is 1. The second kappa shape index (κ2) is 7.24. The van der Waals surface area contributed by atoms with Crippen molar-refractivity contribution in [3.63, 3.8) is 0 Å². The summed E-state index contributed by atoms with van der Waals surface area (Å²) in [6, 6.07) is 0. The summed E-state index contributed by atoms with van der Waals surface area (Å²) in [5.74, 6) is 1.28. The van der Waals surface area contributed by atoms with Crippen LogP contribution in [-0.4, -0.2) is 40.3 Å². The highest BCUT2D eigenvalue weighted by atomic mass is 32.2. The second-order valence-corrected chi connectivity index (χ2v) is 8.23. The van der Waals surface area contributed by atoms with E-state index in [-0.39, 0.29) is 10.7 Å². The smallest absolute Gasteiger partial charge is 0.220 e. The van der Waals surface area contributed by atoms with Gasteiger partial charge in [0.05, 0.1) is 0 Å². The average Bonchev–Trinajstić information content (AvgIpc) is 2.77. The Bertz CT molecular complexity index is 294. The van der Waals surface area contributed by atoms with Gasteiger partial charge in [-0.2, -0.15) is 0 Å². The quantitative estimate of drug-likeness (QED) is 0.761. The first-order valence-corrected chi connectivity index (χ1v) is 8.07. The second-order valence-electron chi connectivity index (χ2n) is 5.91. The van der Waals surface area contributed by atoms with Gasteiger partial charge < -0.3 is 10.6 Å². The predicted molar refractivity (Wildman–Crippen MR) is 76.0 cm³/mol. The molecule has 18 heavy (non-hydrogen) atoms. The minimum Gasteiger partial charge on any atom is -0.355 e. The van der Waals surface area contributed by atoms with Gasteiger partial charge in [-0.15, -0.1) is 0 Å². The molecule has 0 aromatic rings. The van der Waals surface area contributed by atoms with Gasteiger partial charge in [0.25, 0.3) is 0 Å². The summed E-state index contributed by atoms with van der Waals surface area (Å²) in [4.78, 5) is 11.6. The maximum atomic E-state index is 11.8. The summed E-state index contributed by atoms with van der Waals surface area (Å²) >= 11 is 0. The molecule has 0 saturated carbocycles. The summed E-state index contributed by atoms with van der Waals surface area (Å²) < 4.78 is 11.6. The highest BCUT2D eigenvalue weighted by Crippen LogP contribution is 2.14. The first-order chi connectivity index (χ1) is 8.39. The summed E-state index contributed by atoms with van der Waals surface area (Å²) in [5, 5.41) is 6.16. The molecule has 0 spiro atoms. The third kappa shape index (κ3) is 5.96. The number of hydrogen-bond acceptors (Lipinski definition) is 3.